The first kappa shape index (κ1) is 27.0. The van der Waals surface area contributed by atoms with Crippen molar-refractivity contribution in [1.29, 1.82) is 0 Å². The van der Waals surface area contributed by atoms with E-state index in [1.807, 2.05) is 62.4 Å². The number of carbonyl (C=O) groups excluding carboxylic acids is 1. The zero-order valence-electron chi connectivity index (χ0n) is 21.1. The fourth-order valence-corrected chi connectivity index (χ4v) is 5.55. The van der Waals surface area contributed by atoms with Crippen molar-refractivity contribution in [3.63, 3.8) is 0 Å². The number of amides is 1. The van der Waals surface area contributed by atoms with E-state index in [2.05, 4.69) is 0 Å². The van der Waals surface area contributed by atoms with Gasteiger partial charge in [0.25, 0.3) is 5.91 Å². The van der Waals surface area contributed by atoms with Gasteiger partial charge in [-0.1, -0.05) is 70.7 Å². The lowest BCUT2D eigenvalue weighted by Gasteiger charge is -2.16. The molecule has 39 heavy (non-hydrogen) atoms. The summed E-state index contributed by atoms with van der Waals surface area (Å²) in [5.74, 6) is -0.259. The Morgan fingerprint density at radius 1 is 0.923 bits per heavy atom. The third kappa shape index (κ3) is 6.36. The molecular weight excluding hydrogens is 554 g/mol. The van der Waals surface area contributed by atoms with Gasteiger partial charge in [-0.3, -0.25) is 9.69 Å². The summed E-state index contributed by atoms with van der Waals surface area (Å²) in [6.45, 7) is 4.12. The number of aliphatic imine (C=N–C) groups is 1. The molecule has 5 rings (SSSR count). The van der Waals surface area contributed by atoms with Gasteiger partial charge in [0.1, 0.15) is 12.4 Å². The second-order valence-corrected chi connectivity index (χ2v) is 10.9. The molecule has 1 amide bonds. The minimum Gasteiger partial charge on any atom is -0.486 e. The van der Waals surface area contributed by atoms with E-state index < -0.39 is 0 Å². The molecule has 4 nitrogen and oxygen atoms in total. The van der Waals surface area contributed by atoms with E-state index in [9.17, 15) is 9.18 Å². The molecule has 4 aromatic carbocycles. The second-order valence-electron chi connectivity index (χ2n) is 9.05. The first-order chi connectivity index (χ1) is 18.8. The third-order valence-corrected chi connectivity index (χ3v) is 7.48. The van der Waals surface area contributed by atoms with Crippen molar-refractivity contribution in [2.75, 3.05) is 4.90 Å². The van der Waals surface area contributed by atoms with Gasteiger partial charge in [-0.25, -0.2) is 9.38 Å². The average Bonchev–Trinajstić information content (AvgIpc) is 3.19. The molecule has 0 atom stereocenters. The molecule has 8 heteroatoms. The van der Waals surface area contributed by atoms with Crippen LogP contribution in [-0.4, -0.2) is 11.1 Å². The highest BCUT2D eigenvalue weighted by Gasteiger charge is 2.34. The highest BCUT2D eigenvalue weighted by molar-refractivity contribution is 8.19. The summed E-state index contributed by atoms with van der Waals surface area (Å²) in [7, 11) is 0. The maximum atomic E-state index is 13.6. The van der Waals surface area contributed by atoms with Crippen LogP contribution in [0.2, 0.25) is 10.0 Å². The molecule has 1 saturated heterocycles. The summed E-state index contributed by atoms with van der Waals surface area (Å²) in [6, 6.07) is 25.0. The van der Waals surface area contributed by atoms with Crippen molar-refractivity contribution < 1.29 is 13.9 Å². The largest absolute Gasteiger partial charge is 0.486 e. The number of thioether (sulfide) groups is 1. The number of benzene rings is 4. The van der Waals surface area contributed by atoms with E-state index in [-0.39, 0.29) is 34.1 Å². The van der Waals surface area contributed by atoms with Crippen LogP contribution in [0.5, 0.6) is 5.75 Å². The summed E-state index contributed by atoms with van der Waals surface area (Å²) in [4.78, 5) is 20.5. The molecule has 0 aromatic heterocycles. The number of anilines is 1. The Balaban J connectivity index is 1.45. The topological polar surface area (TPSA) is 41.9 Å². The summed E-state index contributed by atoms with van der Waals surface area (Å²) in [6.07, 6.45) is 1.74. The number of carbonyl (C=O) groups is 1. The monoisotopic (exact) mass is 576 g/mol. The van der Waals surface area contributed by atoms with Crippen LogP contribution in [0.15, 0.2) is 94.8 Å². The molecule has 1 heterocycles. The average molecular weight is 578 g/mol. The van der Waals surface area contributed by atoms with E-state index in [0.29, 0.717) is 21.2 Å². The molecule has 1 aliphatic heterocycles. The number of aryl methyl sites for hydroxylation is 2. The molecule has 1 aliphatic rings. The van der Waals surface area contributed by atoms with Crippen LogP contribution in [-0.2, 0) is 11.4 Å². The standard InChI is InChI=1S/C31H23Cl2FN2O2S/c1-19-6-10-24(11-7-19)35-31-36(25-12-8-20(2)9-13-25)30(37)28(39-31)17-22-15-26(32)29(27(33)16-22)38-18-21-4-3-5-23(34)14-21/h3-17H,18H2,1-2H3/b28-17-,35-31?. The number of halogens is 3. The van der Waals surface area contributed by atoms with Gasteiger partial charge >= 0.3 is 0 Å². The molecule has 0 saturated carbocycles. The number of rotatable bonds is 6. The van der Waals surface area contributed by atoms with Crippen LogP contribution in [0.1, 0.15) is 22.3 Å². The summed E-state index contributed by atoms with van der Waals surface area (Å²) >= 11 is 14.3. The Morgan fingerprint density at radius 2 is 1.56 bits per heavy atom. The molecule has 0 spiro atoms. The van der Waals surface area contributed by atoms with Crippen LogP contribution in [0, 0.1) is 19.7 Å². The molecule has 0 bridgehead atoms. The van der Waals surface area contributed by atoms with Crippen molar-refractivity contribution >= 4 is 63.5 Å². The van der Waals surface area contributed by atoms with Crippen LogP contribution in [0.25, 0.3) is 6.08 Å². The first-order valence-electron chi connectivity index (χ1n) is 12.1. The first-order valence-corrected chi connectivity index (χ1v) is 13.7. The number of nitrogens with zero attached hydrogens (tertiary/aromatic N) is 2. The van der Waals surface area contributed by atoms with Gasteiger partial charge in [0, 0.05) is 0 Å². The van der Waals surface area contributed by atoms with Crippen molar-refractivity contribution in [3.8, 4) is 5.75 Å². The molecule has 1 fully saturated rings. The van der Waals surface area contributed by atoms with Crippen LogP contribution in [0.4, 0.5) is 15.8 Å². The van der Waals surface area contributed by atoms with Gasteiger partial charge < -0.3 is 4.74 Å². The Kier molecular flexibility index (Phi) is 8.07. The maximum Gasteiger partial charge on any atom is 0.271 e. The van der Waals surface area contributed by atoms with Gasteiger partial charge in [0.15, 0.2) is 10.9 Å². The molecular formula is C31H23Cl2FN2O2S. The zero-order chi connectivity index (χ0) is 27.5. The van der Waals surface area contributed by atoms with Crippen LogP contribution in [0.3, 0.4) is 0 Å². The van der Waals surface area contributed by atoms with Gasteiger partial charge in [0.05, 0.1) is 26.3 Å². The van der Waals surface area contributed by atoms with E-state index in [1.165, 1.54) is 23.9 Å². The molecule has 0 radical (unpaired) electrons. The van der Waals surface area contributed by atoms with E-state index in [1.54, 1.807) is 35.2 Å². The van der Waals surface area contributed by atoms with Crippen molar-refractivity contribution in [2.45, 2.75) is 20.5 Å². The molecule has 196 valence electrons. The predicted octanol–water partition coefficient (Wildman–Crippen LogP) is 9.14. The lowest BCUT2D eigenvalue weighted by molar-refractivity contribution is -0.113. The fourth-order valence-electron chi connectivity index (χ4n) is 3.93. The molecule has 4 aromatic rings. The van der Waals surface area contributed by atoms with Crippen molar-refractivity contribution in [1.82, 2.24) is 0 Å². The lowest BCUT2D eigenvalue weighted by atomic mass is 10.2. The Hall–Kier alpha value is -3.58. The molecule has 0 N–H and O–H groups in total. The quantitative estimate of drug-likeness (QED) is 0.215. The van der Waals surface area contributed by atoms with Crippen LogP contribution >= 0.6 is 35.0 Å². The minimum absolute atomic E-state index is 0.107. The minimum atomic E-state index is -0.348. The number of hydrogen-bond donors (Lipinski definition) is 0. The van der Waals surface area contributed by atoms with Gasteiger partial charge in [-0.05, 0) is 91.3 Å². The highest BCUT2D eigenvalue weighted by atomic mass is 35.5. The SMILES string of the molecule is Cc1ccc(N=C2S/C(=C\c3cc(Cl)c(OCc4cccc(F)c4)c(Cl)c3)C(=O)N2c2ccc(C)cc2)cc1. The second kappa shape index (κ2) is 11.7. The summed E-state index contributed by atoms with van der Waals surface area (Å²) in [5.41, 5.74) is 4.99. The predicted molar refractivity (Wildman–Crippen MR) is 160 cm³/mol. The Labute approximate surface area is 240 Å². The Morgan fingerprint density at radius 3 is 2.21 bits per heavy atom. The zero-order valence-corrected chi connectivity index (χ0v) is 23.4. The number of ether oxygens (including phenoxy) is 1. The van der Waals surface area contributed by atoms with E-state index in [4.69, 9.17) is 32.9 Å². The van der Waals surface area contributed by atoms with E-state index in [0.717, 1.165) is 22.5 Å². The molecule has 0 unspecified atom stereocenters. The highest BCUT2D eigenvalue weighted by Crippen LogP contribution is 2.40. The maximum absolute atomic E-state index is 13.6. The van der Waals surface area contributed by atoms with Crippen LogP contribution < -0.4 is 9.64 Å². The van der Waals surface area contributed by atoms with Crippen molar-refractivity contribution in [2.24, 2.45) is 4.99 Å². The fraction of sp³-hybridized carbons (Fsp3) is 0.0968. The smallest absolute Gasteiger partial charge is 0.271 e. The van der Waals surface area contributed by atoms with Gasteiger partial charge in [0.2, 0.25) is 0 Å². The van der Waals surface area contributed by atoms with Gasteiger partial charge in [-0.15, -0.1) is 0 Å². The number of amidine groups is 1. The third-order valence-electron chi connectivity index (χ3n) is 5.95. The lowest BCUT2D eigenvalue weighted by Crippen LogP contribution is -2.28. The van der Waals surface area contributed by atoms with Gasteiger partial charge in [-0.2, -0.15) is 0 Å². The normalized spacial score (nSPS) is 15.4. The summed E-state index contributed by atoms with van der Waals surface area (Å²) in [5, 5.41) is 1.11. The van der Waals surface area contributed by atoms with E-state index >= 15 is 0 Å². The summed E-state index contributed by atoms with van der Waals surface area (Å²) < 4.78 is 19.3. The molecule has 0 aliphatic carbocycles. The Bertz CT molecular complexity index is 1580. The van der Waals surface area contributed by atoms with Crippen molar-refractivity contribution in [3.05, 3.63) is 128 Å². The number of hydrogen-bond acceptors (Lipinski definition) is 4.